The molecule has 58 heavy (non-hydrogen) atoms. The van der Waals surface area contributed by atoms with Gasteiger partial charge in [0.2, 0.25) is 0 Å². The van der Waals surface area contributed by atoms with Crippen molar-refractivity contribution < 1.29 is 63.1 Å². The first-order valence-corrected chi connectivity index (χ1v) is 23.8. The van der Waals surface area contributed by atoms with E-state index >= 15 is 0 Å². The molecule has 1 saturated carbocycles. The molecule has 13 nitrogen and oxygen atoms in total. The third-order valence-corrected chi connectivity index (χ3v) is 11.2. The van der Waals surface area contributed by atoms with E-state index in [0.29, 0.717) is 12.8 Å². The van der Waals surface area contributed by atoms with Crippen LogP contribution in [-0.2, 0) is 32.7 Å². The topological polar surface area (TPSA) is 210 Å². The van der Waals surface area contributed by atoms with Crippen LogP contribution in [-0.4, -0.2) is 98.3 Å². The summed E-state index contributed by atoms with van der Waals surface area (Å²) in [7, 11) is -5.12. The number of ether oxygens (including phenoxy) is 2. The number of aliphatic hydroxyl groups is 5. The number of allylic oxidation sites excluding steroid dienone is 6. The Labute approximate surface area is 348 Å². The molecule has 0 aromatic heterocycles. The normalized spacial score (nSPS) is 22.8. The zero-order valence-electron chi connectivity index (χ0n) is 35.6. The number of aliphatic hydroxyl groups excluding tert-OH is 5. The van der Waals surface area contributed by atoms with Gasteiger partial charge in [-0.15, -0.1) is 0 Å². The van der Waals surface area contributed by atoms with E-state index in [1.807, 2.05) is 0 Å². The van der Waals surface area contributed by atoms with Crippen LogP contribution in [0.15, 0.2) is 36.5 Å². The van der Waals surface area contributed by atoms with Gasteiger partial charge in [-0.25, -0.2) is 4.57 Å². The highest BCUT2D eigenvalue weighted by atomic mass is 31.2. The molecule has 1 rings (SSSR count). The summed E-state index contributed by atoms with van der Waals surface area (Å²) in [6, 6.07) is 0. The zero-order valence-corrected chi connectivity index (χ0v) is 36.5. The van der Waals surface area contributed by atoms with Crippen molar-refractivity contribution >= 4 is 19.8 Å². The van der Waals surface area contributed by atoms with Gasteiger partial charge in [0.15, 0.2) is 6.10 Å². The van der Waals surface area contributed by atoms with E-state index in [1.165, 1.54) is 64.2 Å². The maximum absolute atomic E-state index is 12.8. The molecule has 6 N–H and O–H groups in total. The van der Waals surface area contributed by atoms with Crippen LogP contribution in [0.1, 0.15) is 174 Å². The summed E-state index contributed by atoms with van der Waals surface area (Å²) in [6.07, 6.45) is 24.9. The summed E-state index contributed by atoms with van der Waals surface area (Å²) in [4.78, 5) is 35.6. The lowest BCUT2D eigenvalue weighted by Crippen LogP contribution is -2.64. The SMILES string of the molecule is CCCC/C=C/C/C=C/CCCCCCCC(=O)O[C@@H](COC(=O)CCCCC/C=C/CCCCCCCCCC)COP(=O)(O)OC1C(O)C(O)C(O)[C@H](O)C1O. The van der Waals surface area contributed by atoms with E-state index < -0.39 is 75.7 Å². The number of esters is 2. The van der Waals surface area contributed by atoms with Crippen molar-refractivity contribution in [1.82, 2.24) is 0 Å². The monoisotopic (exact) mass is 847 g/mol. The first kappa shape index (κ1) is 54.1. The van der Waals surface area contributed by atoms with Crippen LogP contribution in [0, 0.1) is 0 Å². The molecule has 1 fully saturated rings. The number of hydrogen-bond acceptors (Lipinski definition) is 12. The Balaban J connectivity index is 2.50. The van der Waals surface area contributed by atoms with E-state index in [2.05, 4.69) is 50.3 Å². The molecule has 0 heterocycles. The number of carbonyl (C=O) groups is 2. The fraction of sp³-hybridized carbons (Fsp3) is 0.818. The smallest absolute Gasteiger partial charge is 0.462 e. The van der Waals surface area contributed by atoms with E-state index in [0.717, 1.165) is 70.6 Å². The minimum atomic E-state index is -5.12. The highest BCUT2D eigenvalue weighted by molar-refractivity contribution is 7.47. The maximum Gasteiger partial charge on any atom is 0.472 e. The first-order chi connectivity index (χ1) is 27.9. The average molecular weight is 847 g/mol. The third-order valence-electron chi connectivity index (χ3n) is 10.2. The Bertz CT molecular complexity index is 1160. The van der Waals surface area contributed by atoms with Gasteiger partial charge in [-0.3, -0.25) is 18.6 Å². The summed E-state index contributed by atoms with van der Waals surface area (Å²) in [5, 5.41) is 50.1. The summed E-state index contributed by atoms with van der Waals surface area (Å²) < 4.78 is 33.4. The van der Waals surface area contributed by atoms with Gasteiger partial charge in [0.05, 0.1) is 6.61 Å². The minimum Gasteiger partial charge on any atom is -0.462 e. The minimum absolute atomic E-state index is 0.0775. The Hall–Kier alpha value is -1.93. The Morgan fingerprint density at radius 3 is 1.48 bits per heavy atom. The fourth-order valence-corrected chi connectivity index (χ4v) is 7.51. The van der Waals surface area contributed by atoms with Crippen molar-refractivity contribution in [1.29, 1.82) is 0 Å². The van der Waals surface area contributed by atoms with E-state index in [4.69, 9.17) is 18.5 Å². The zero-order chi connectivity index (χ0) is 42.9. The lowest BCUT2D eigenvalue weighted by molar-refractivity contribution is -0.220. The van der Waals surface area contributed by atoms with Crippen LogP contribution >= 0.6 is 7.82 Å². The molecule has 0 amide bonds. The maximum atomic E-state index is 12.8. The van der Waals surface area contributed by atoms with Gasteiger partial charge in [-0.1, -0.05) is 134 Å². The second-order valence-electron chi connectivity index (χ2n) is 15.5. The number of carbonyl (C=O) groups excluding carboxylic acids is 2. The van der Waals surface area contributed by atoms with E-state index in [9.17, 15) is 44.6 Å². The Morgan fingerprint density at radius 2 is 0.948 bits per heavy atom. The first-order valence-electron chi connectivity index (χ1n) is 22.3. The van der Waals surface area contributed by atoms with E-state index in [-0.39, 0.29) is 12.8 Å². The average Bonchev–Trinajstić information content (AvgIpc) is 3.20. The quantitative estimate of drug-likeness (QED) is 0.0152. The molecule has 0 aliphatic heterocycles. The van der Waals surface area contributed by atoms with Crippen LogP contribution in [0.25, 0.3) is 0 Å². The number of hydrogen-bond donors (Lipinski definition) is 6. The molecule has 0 bridgehead atoms. The summed E-state index contributed by atoms with van der Waals surface area (Å²) in [5.74, 6) is -1.13. The predicted molar refractivity (Wildman–Crippen MR) is 226 cm³/mol. The molecule has 0 spiro atoms. The standard InChI is InChI=1S/C44H79O13P/c1-3-5-7-9-11-13-15-17-19-21-22-24-26-28-30-32-37(45)54-34-36(35-55-58(52,53)57-44-42(50)40(48)39(47)41(49)43(44)51)56-38(46)33-31-29-27-25-23-20-18-16-14-12-10-8-6-4-2/h10,12,16,18,21-22,36,39-44,47-51H,3-9,11,13-15,17,19-20,23-35H2,1-2H3,(H,52,53)/b12-10+,18-16+,22-21+/t36-,39?,40-,41?,42?,43?,44?/m0/s1. The molecule has 1 aliphatic rings. The van der Waals surface area contributed by atoms with Gasteiger partial charge in [-0.05, 0) is 64.2 Å². The van der Waals surface area contributed by atoms with Crippen molar-refractivity contribution in [3.8, 4) is 0 Å². The Kier molecular flexibility index (Phi) is 32.4. The molecule has 0 radical (unpaired) electrons. The molecule has 0 saturated heterocycles. The summed E-state index contributed by atoms with van der Waals surface area (Å²) in [5.41, 5.74) is 0. The number of phosphoric ester groups is 1. The van der Waals surface area contributed by atoms with Gasteiger partial charge in [0, 0.05) is 12.8 Å². The van der Waals surface area contributed by atoms with Crippen molar-refractivity contribution in [3.63, 3.8) is 0 Å². The molecule has 8 atom stereocenters. The third kappa shape index (κ3) is 27.0. The lowest BCUT2D eigenvalue weighted by Gasteiger charge is -2.41. The lowest BCUT2D eigenvalue weighted by atomic mass is 9.85. The second kappa shape index (κ2) is 34.7. The van der Waals surface area contributed by atoms with Crippen LogP contribution < -0.4 is 0 Å². The fourth-order valence-electron chi connectivity index (χ4n) is 6.53. The van der Waals surface area contributed by atoms with Crippen LogP contribution in [0.5, 0.6) is 0 Å². The predicted octanol–water partition coefficient (Wildman–Crippen LogP) is 8.22. The second-order valence-corrected chi connectivity index (χ2v) is 16.9. The molecule has 6 unspecified atom stereocenters. The molecular formula is C44H79O13P. The van der Waals surface area contributed by atoms with Crippen molar-refractivity contribution in [3.05, 3.63) is 36.5 Å². The van der Waals surface area contributed by atoms with Gasteiger partial charge in [-0.2, -0.15) is 0 Å². The van der Waals surface area contributed by atoms with Crippen molar-refractivity contribution in [2.75, 3.05) is 13.2 Å². The molecule has 14 heteroatoms. The summed E-state index contributed by atoms with van der Waals surface area (Å²) >= 11 is 0. The number of rotatable bonds is 36. The van der Waals surface area contributed by atoms with Crippen LogP contribution in [0.3, 0.4) is 0 Å². The van der Waals surface area contributed by atoms with Gasteiger partial charge >= 0.3 is 19.8 Å². The Morgan fingerprint density at radius 1 is 0.534 bits per heavy atom. The van der Waals surface area contributed by atoms with Gasteiger partial charge in [0.25, 0.3) is 0 Å². The van der Waals surface area contributed by atoms with Crippen LogP contribution in [0.4, 0.5) is 0 Å². The molecule has 338 valence electrons. The summed E-state index contributed by atoms with van der Waals surface area (Å²) in [6.45, 7) is 3.22. The van der Waals surface area contributed by atoms with E-state index in [1.54, 1.807) is 0 Å². The van der Waals surface area contributed by atoms with Crippen molar-refractivity contribution in [2.24, 2.45) is 0 Å². The molecular weight excluding hydrogens is 767 g/mol. The molecule has 0 aromatic rings. The van der Waals surface area contributed by atoms with Crippen molar-refractivity contribution in [2.45, 2.75) is 217 Å². The number of unbranched alkanes of at least 4 members (excludes halogenated alkanes) is 18. The highest BCUT2D eigenvalue weighted by Gasteiger charge is 2.51. The molecule has 0 aromatic carbocycles. The number of phosphoric acid groups is 1. The van der Waals surface area contributed by atoms with Crippen LogP contribution in [0.2, 0.25) is 0 Å². The van der Waals surface area contributed by atoms with Gasteiger partial charge < -0.3 is 39.9 Å². The largest absolute Gasteiger partial charge is 0.472 e. The molecule has 1 aliphatic carbocycles. The highest BCUT2D eigenvalue weighted by Crippen LogP contribution is 2.47. The van der Waals surface area contributed by atoms with Gasteiger partial charge in [0.1, 0.15) is 43.2 Å².